The molecule has 1 rings (SSSR count). The fraction of sp³-hybridized carbons (Fsp3) is 0.500. The van der Waals surface area contributed by atoms with E-state index in [1.165, 1.54) is 6.07 Å². The van der Waals surface area contributed by atoms with Crippen LogP contribution >= 0.6 is 0 Å². The lowest BCUT2D eigenvalue weighted by Crippen LogP contribution is -2.33. The number of carboxylic acids is 1. The van der Waals surface area contributed by atoms with E-state index in [1.807, 2.05) is 20.8 Å². The zero-order chi connectivity index (χ0) is 13.1. The van der Waals surface area contributed by atoms with Crippen LogP contribution in [-0.4, -0.2) is 23.5 Å². The normalized spacial score (nSPS) is 11.2. The third-order valence-electron chi connectivity index (χ3n) is 2.75. The molecular formula is C12H17NO4. The van der Waals surface area contributed by atoms with E-state index in [0.29, 0.717) is 6.54 Å². The second kappa shape index (κ2) is 5.03. The van der Waals surface area contributed by atoms with Crippen molar-refractivity contribution >= 4 is 11.9 Å². The second-order valence-corrected chi connectivity index (χ2v) is 4.71. The largest absolute Gasteiger partial charge is 0.478 e. The van der Waals surface area contributed by atoms with Gasteiger partial charge >= 0.3 is 5.97 Å². The Hall–Kier alpha value is -1.78. The van der Waals surface area contributed by atoms with Crippen LogP contribution in [0.25, 0.3) is 0 Å². The Morgan fingerprint density at radius 3 is 2.59 bits per heavy atom. The van der Waals surface area contributed by atoms with Crippen molar-refractivity contribution in [1.82, 2.24) is 5.32 Å². The monoisotopic (exact) mass is 239 g/mol. The van der Waals surface area contributed by atoms with E-state index >= 15 is 0 Å². The third-order valence-corrected chi connectivity index (χ3v) is 2.75. The first-order chi connectivity index (χ1) is 7.85. The summed E-state index contributed by atoms with van der Waals surface area (Å²) in [5.41, 5.74) is -0.0115. The minimum Gasteiger partial charge on any atom is -0.478 e. The van der Waals surface area contributed by atoms with Gasteiger partial charge in [0, 0.05) is 12.6 Å². The summed E-state index contributed by atoms with van der Waals surface area (Å²) in [5, 5.41) is 11.4. The van der Waals surface area contributed by atoms with Crippen molar-refractivity contribution in [3.05, 3.63) is 23.7 Å². The number of aromatic carboxylic acids is 1. The standard InChI is InChI=1S/C12H17NO4/c1-4-12(2,3)7-13-10(14)9-5-8(6-17-9)11(15)16/h5-6H,4,7H2,1-3H3,(H,13,14)(H,15,16). The molecule has 0 saturated heterocycles. The lowest BCUT2D eigenvalue weighted by Gasteiger charge is -2.22. The fourth-order valence-electron chi connectivity index (χ4n) is 1.10. The predicted molar refractivity (Wildman–Crippen MR) is 62.1 cm³/mol. The molecule has 1 amide bonds. The quantitative estimate of drug-likeness (QED) is 0.825. The van der Waals surface area contributed by atoms with Gasteiger partial charge in [0.05, 0.1) is 5.56 Å². The van der Waals surface area contributed by atoms with Crippen LogP contribution in [0.4, 0.5) is 0 Å². The van der Waals surface area contributed by atoms with Gasteiger partial charge in [0.2, 0.25) is 0 Å². The van der Waals surface area contributed by atoms with Crippen LogP contribution in [0.5, 0.6) is 0 Å². The molecule has 0 aliphatic heterocycles. The Bertz CT molecular complexity index is 420. The van der Waals surface area contributed by atoms with Gasteiger partial charge in [-0.2, -0.15) is 0 Å². The molecule has 1 heterocycles. The zero-order valence-corrected chi connectivity index (χ0v) is 10.2. The van der Waals surface area contributed by atoms with E-state index in [4.69, 9.17) is 9.52 Å². The lowest BCUT2D eigenvalue weighted by molar-refractivity contribution is 0.0696. The summed E-state index contributed by atoms with van der Waals surface area (Å²) in [5.74, 6) is -1.48. The number of furan rings is 1. The van der Waals surface area contributed by atoms with Gasteiger partial charge in [0.25, 0.3) is 5.91 Å². The topological polar surface area (TPSA) is 79.5 Å². The van der Waals surface area contributed by atoms with E-state index in [9.17, 15) is 9.59 Å². The molecule has 94 valence electrons. The maximum absolute atomic E-state index is 11.6. The van der Waals surface area contributed by atoms with Crippen LogP contribution in [0.15, 0.2) is 16.7 Å². The molecule has 17 heavy (non-hydrogen) atoms. The summed E-state index contributed by atoms with van der Waals surface area (Å²) in [6.07, 6.45) is 1.99. The summed E-state index contributed by atoms with van der Waals surface area (Å²) in [6.45, 7) is 6.64. The minimum atomic E-state index is -1.11. The van der Waals surface area contributed by atoms with Gasteiger partial charge in [0.15, 0.2) is 5.76 Å². The predicted octanol–water partition coefficient (Wildman–Crippen LogP) is 2.14. The van der Waals surface area contributed by atoms with Gasteiger partial charge in [-0.15, -0.1) is 0 Å². The zero-order valence-electron chi connectivity index (χ0n) is 10.2. The molecular weight excluding hydrogens is 222 g/mol. The number of nitrogens with one attached hydrogen (secondary N) is 1. The Morgan fingerprint density at radius 1 is 1.47 bits per heavy atom. The van der Waals surface area contributed by atoms with E-state index in [0.717, 1.165) is 12.7 Å². The van der Waals surface area contributed by atoms with Gasteiger partial charge in [-0.05, 0) is 11.8 Å². The van der Waals surface area contributed by atoms with Crippen LogP contribution in [0.3, 0.4) is 0 Å². The van der Waals surface area contributed by atoms with E-state index in [1.54, 1.807) is 0 Å². The smallest absolute Gasteiger partial charge is 0.338 e. The van der Waals surface area contributed by atoms with E-state index in [-0.39, 0.29) is 22.6 Å². The average molecular weight is 239 g/mol. The van der Waals surface area contributed by atoms with Crippen LogP contribution < -0.4 is 5.32 Å². The van der Waals surface area contributed by atoms with Crippen LogP contribution in [0.1, 0.15) is 48.1 Å². The highest BCUT2D eigenvalue weighted by Gasteiger charge is 2.19. The van der Waals surface area contributed by atoms with Gasteiger partial charge in [-0.25, -0.2) is 4.79 Å². The van der Waals surface area contributed by atoms with Gasteiger partial charge < -0.3 is 14.8 Å². The maximum atomic E-state index is 11.6. The molecule has 0 aromatic carbocycles. The number of rotatable bonds is 5. The molecule has 2 N–H and O–H groups in total. The first-order valence-electron chi connectivity index (χ1n) is 5.46. The molecule has 0 saturated carbocycles. The summed E-state index contributed by atoms with van der Waals surface area (Å²) >= 11 is 0. The number of hydrogen-bond donors (Lipinski definition) is 2. The number of amides is 1. The minimum absolute atomic E-state index is 0.0118. The summed E-state index contributed by atoms with van der Waals surface area (Å²) < 4.78 is 4.89. The number of hydrogen-bond acceptors (Lipinski definition) is 3. The molecule has 0 spiro atoms. The molecule has 0 radical (unpaired) electrons. The molecule has 0 aliphatic carbocycles. The molecule has 5 heteroatoms. The first kappa shape index (κ1) is 13.3. The van der Waals surface area contributed by atoms with Gasteiger partial charge in [-0.1, -0.05) is 20.8 Å². The van der Waals surface area contributed by atoms with Crippen molar-refractivity contribution in [3.8, 4) is 0 Å². The lowest BCUT2D eigenvalue weighted by atomic mass is 9.90. The summed E-state index contributed by atoms with van der Waals surface area (Å²) in [6, 6.07) is 1.22. The highest BCUT2D eigenvalue weighted by atomic mass is 16.4. The molecule has 0 unspecified atom stereocenters. The molecule has 1 aromatic heterocycles. The average Bonchev–Trinajstić information content (AvgIpc) is 2.75. The highest BCUT2D eigenvalue weighted by molar-refractivity contribution is 5.95. The molecule has 0 bridgehead atoms. The van der Waals surface area contributed by atoms with Crippen molar-refractivity contribution in [1.29, 1.82) is 0 Å². The Morgan fingerprint density at radius 2 is 2.12 bits per heavy atom. The van der Waals surface area contributed by atoms with Crippen LogP contribution in [0.2, 0.25) is 0 Å². The van der Waals surface area contributed by atoms with Crippen molar-refractivity contribution < 1.29 is 19.1 Å². The number of carboxylic acid groups (broad SMARTS) is 1. The van der Waals surface area contributed by atoms with E-state index in [2.05, 4.69) is 5.32 Å². The fourth-order valence-corrected chi connectivity index (χ4v) is 1.10. The van der Waals surface area contributed by atoms with Gasteiger partial charge in [-0.3, -0.25) is 4.79 Å². The van der Waals surface area contributed by atoms with Crippen molar-refractivity contribution in [2.75, 3.05) is 6.54 Å². The Kier molecular flexibility index (Phi) is 3.93. The van der Waals surface area contributed by atoms with Crippen molar-refractivity contribution in [2.24, 2.45) is 5.41 Å². The molecule has 0 aliphatic rings. The second-order valence-electron chi connectivity index (χ2n) is 4.71. The maximum Gasteiger partial charge on any atom is 0.338 e. The SMILES string of the molecule is CCC(C)(C)CNC(=O)c1cc(C(=O)O)co1. The summed E-state index contributed by atoms with van der Waals surface area (Å²) in [7, 11) is 0. The van der Waals surface area contributed by atoms with Crippen molar-refractivity contribution in [3.63, 3.8) is 0 Å². The molecule has 0 fully saturated rings. The number of carbonyl (C=O) groups excluding carboxylic acids is 1. The Balaban J connectivity index is 2.61. The van der Waals surface area contributed by atoms with Crippen LogP contribution in [0, 0.1) is 5.41 Å². The third kappa shape index (κ3) is 3.62. The van der Waals surface area contributed by atoms with Gasteiger partial charge in [0.1, 0.15) is 6.26 Å². The van der Waals surface area contributed by atoms with Crippen LogP contribution in [-0.2, 0) is 0 Å². The summed E-state index contributed by atoms with van der Waals surface area (Å²) in [4.78, 5) is 22.3. The first-order valence-corrected chi connectivity index (χ1v) is 5.46. The highest BCUT2D eigenvalue weighted by Crippen LogP contribution is 2.18. The van der Waals surface area contributed by atoms with E-state index < -0.39 is 5.97 Å². The Labute approximate surface area is 99.8 Å². The molecule has 0 atom stereocenters. The number of carbonyl (C=O) groups is 2. The molecule has 1 aromatic rings. The molecule has 5 nitrogen and oxygen atoms in total. The van der Waals surface area contributed by atoms with Crippen molar-refractivity contribution in [2.45, 2.75) is 27.2 Å².